The summed E-state index contributed by atoms with van der Waals surface area (Å²) < 4.78 is 47.2. The standard InChI is InChI=1S/C19H17F3N2O4/c1-2-27-16-11-12(3-9-15(16)28-19(21)22)4-10-17(25)23-24-18(26)13-5-7-14(20)8-6-13/h3-11,19H,2H2,1H3,(H,23,25)(H,24,26)/b10-4+. The Labute approximate surface area is 158 Å². The second kappa shape index (κ2) is 10.0. The first-order valence-electron chi connectivity index (χ1n) is 8.14. The van der Waals surface area contributed by atoms with E-state index < -0.39 is 24.2 Å². The first-order chi connectivity index (χ1) is 13.4. The number of alkyl halides is 2. The number of halogens is 3. The van der Waals surface area contributed by atoms with Crippen molar-refractivity contribution in [1.29, 1.82) is 0 Å². The lowest BCUT2D eigenvalue weighted by Gasteiger charge is -2.11. The minimum absolute atomic E-state index is 0.106. The molecule has 2 amide bonds. The normalized spacial score (nSPS) is 10.8. The first-order valence-corrected chi connectivity index (χ1v) is 8.14. The summed E-state index contributed by atoms with van der Waals surface area (Å²) in [4.78, 5) is 23.6. The average Bonchev–Trinajstić information content (AvgIpc) is 2.66. The van der Waals surface area contributed by atoms with Crippen LogP contribution in [0.1, 0.15) is 22.8 Å². The van der Waals surface area contributed by atoms with Gasteiger partial charge in [-0.15, -0.1) is 0 Å². The van der Waals surface area contributed by atoms with Gasteiger partial charge in [0.05, 0.1) is 6.61 Å². The Morgan fingerprint density at radius 1 is 1.07 bits per heavy atom. The van der Waals surface area contributed by atoms with Crippen molar-refractivity contribution in [2.45, 2.75) is 13.5 Å². The lowest BCUT2D eigenvalue weighted by Crippen LogP contribution is -2.40. The summed E-state index contributed by atoms with van der Waals surface area (Å²) in [6.45, 7) is -1.06. The summed E-state index contributed by atoms with van der Waals surface area (Å²) in [6, 6.07) is 8.96. The summed E-state index contributed by atoms with van der Waals surface area (Å²) in [7, 11) is 0. The van der Waals surface area contributed by atoms with Gasteiger partial charge in [0.25, 0.3) is 11.8 Å². The number of benzene rings is 2. The SMILES string of the molecule is CCOc1cc(/C=C/C(=O)NNC(=O)c2ccc(F)cc2)ccc1OC(F)F. The first kappa shape index (κ1) is 20.8. The molecule has 0 aliphatic rings. The number of ether oxygens (including phenoxy) is 2. The molecule has 0 spiro atoms. The molecule has 2 aromatic rings. The van der Waals surface area contributed by atoms with Crippen LogP contribution in [0.3, 0.4) is 0 Å². The van der Waals surface area contributed by atoms with E-state index in [1.54, 1.807) is 6.92 Å². The van der Waals surface area contributed by atoms with Crippen LogP contribution < -0.4 is 20.3 Å². The molecule has 0 aromatic heterocycles. The van der Waals surface area contributed by atoms with Crippen molar-refractivity contribution in [1.82, 2.24) is 10.9 Å². The maximum absolute atomic E-state index is 12.8. The number of nitrogens with one attached hydrogen (secondary N) is 2. The molecule has 0 radical (unpaired) electrons. The third-order valence-corrected chi connectivity index (χ3v) is 3.32. The van der Waals surface area contributed by atoms with Crippen LogP contribution in [0.4, 0.5) is 13.2 Å². The van der Waals surface area contributed by atoms with Crippen LogP contribution in [0.5, 0.6) is 11.5 Å². The summed E-state index contributed by atoms with van der Waals surface area (Å²) in [5, 5.41) is 0. The van der Waals surface area contributed by atoms with E-state index in [1.165, 1.54) is 36.4 Å². The number of hydrogen-bond donors (Lipinski definition) is 2. The summed E-state index contributed by atoms with van der Waals surface area (Å²) in [5.74, 6) is -1.75. The molecule has 0 saturated carbocycles. The fourth-order valence-corrected chi connectivity index (χ4v) is 2.10. The zero-order valence-corrected chi connectivity index (χ0v) is 14.7. The molecular weight excluding hydrogens is 377 g/mol. The fourth-order valence-electron chi connectivity index (χ4n) is 2.10. The number of amides is 2. The number of carbonyl (C=O) groups is 2. The van der Waals surface area contributed by atoms with Gasteiger partial charge in [0.2, 0.25) is 0 Å². The molecular formula is C19H17F3N2O4. The second-order valence-electron chi connectivity index (χ2n) is 5.30. The molecule has 0 bridgehead atoms. The van der Waals surface area contributed by atoms with Crippen molar-refractivity contribution in [2.75, 3.05) is 6.61 Å². The van der Waals surface area contributed by atoms with Crippen molar-refractivity contribution in [3.63, 3.8) is 0 Å². The molecule has 2 aromatic carbocycles. The van der Waals surface area contributed by atoms with E-state index in [2.05, 4.69) is 15.6 Å². The zero-order valence-electron chi connectivity index (χ0n) is 14.7. The van der Waals surface area contributed by atoms with E-state index >= 15 is 0 Å². The molecule has 2 N–H and O–H groups in total. The van der Waals surface area contributed by atoms with Crippen molar-refractivity contribution in [2.24, 2.45) is 0 Å². The molecule has 28 heavy (non-hydrogen) atoms. The van der Waals surface area contributed by atoms with E-state index in [0.717, 1.165) is 18.2 Å². The lowest BCUT2D eigenvalue weighted by atomic mass is 10.2. The van der Waals surface area contributed by atoms with Crippen LogP contribution in [0.2, 0.25) is 0 Å². The number of hydrogen-bond acceptors (Lipinski definition) is 4. The largest absolute Gasteiger partial charge is 0.490 e. The summed E-state index contributed by atoms with van der Waals surface area (Å²) >= 11 is 0. The highest BCUT2D eigenvalue weighted by atomic mass is 19.3. The predicted octanol–water partition coefficient (Wildman–Crippen LogP) is 3.30. The smallest absolute Gasteiger partial charge is 0.387 e. The van der Waals surface area contributed by atoms with Crippen molar-refractivity contribution in [3.05, 3.63) is 65.5 Å². The van der Waals surface area contributed by atoms with Gasteiger partial charge in [-0.1, -0.05) is 6.07 Å². The minimum atomic E-state index is -2.99. The van der Waals surface area contributed by atoms with Crippen LogP contribution in [-0.2, 0) is 4.79 Å². The van der Waals surface area contributed by atoms with Crippen LogP contribution in [0.25, 0.3) is 6.08 Å². The average molecular weight is 394 g/mol. The number of rotatable bonds is 7. The minimum Gasteiger partial charge on any atom is -0.490 e. The quantitative estimate of drug-likeness (QED) is 0.558. The Morgan fingerprint density at radius 3 is 2.43 bits per heavy atom. The van der Waals surface area contributed by atoms with E-state index in [4.69, 9.17) is 4.74 Å². The lowest BCUT2D eigenvalue weighted by molar-refractivity contribution is -0.117. The molecule has 0 unspecified atom stereocenters. The molecule has 148 valence electrons. The highest BCUT2D eigenvalue weighted by Gasteiger charge is 2.11. The van der Waals surface area contributed by atoms with Crippen LogP contribution in [0, 0.1) is 5.82 Å². The second-order valence-corrected chi connectivity index (χ2v) is 5.30. The predicted molar refractivity (Wildman–Crippen MR) is 95.3 cm³/mol. The van der Waals surface area contributed by atoms with Gasteiger partial charge in [0.1, 0.15) is 5.82 Å². The van der Waals surface area contributed by atoms with Crippen LogP contribution >= 0.6 is 0 Å². The third-order valence-electron chi connectivity index (χ3n) is 3.32. The highest BCUT2D eigenvalue weighted by Crippen LogP contribution is 2.30. The van der Waals surface area contributed by atoms with Crippen molar-refractivity contribution >= 4 is 17.9 Å². The van der Waals surface area contributed by atoms with Crippen molar-refractivity contribution < 1.29 is 32.2 Å². The maximum atomic E-state index is 12.8. The Bertz CT molecular complexity index is 855. The molecule has 0 heterocycles. The Kier molecular flexibility index (Phi) is 7.44. The van der Waals surface area contributed by atoms with E-state index in [-0.39, 0.29) is 23.7 Å². The van der Waals surface area contributed by atoms with E-state index in [0.29, 0.717) is 5.56 Å². The Balaban J connectivity index is 1.96. The molecule has 0 aliphatic heterocycles. The molecule has 0 saturated heterocycles. The van der Waals surface area contributed by atoms with Crippen molar-refractivity contribution in [3.8, 4) is 11.5 Å². The van der Waals surface area contributed by atoms with Crippen LogP contribution in [-0.4, -0.2) is 25.0 Å². The fraction of sp³-hybridized carbons (Fsp3) is 0.158. The zero-order chi connectivity index (χ0) is 20.5. The summed E-state index contributed by atoms with van der Waals surface area (Å²) in [6.07, 6.45) is 2.53. The molecule has 2 rings (SSSR count). The molecule has 0 aliphatic carbocycles. The third kappa shape index (κ3) is 6.35. The van der Waals surface area contributed by atoms with Gasteiger partial charge in [0.15, 0.2) is 11.5 Å². The molecule has 0 fully saturated rings. The monoisotopic (exact) mass is 394 g/mol. The molecule has 9 heteroatoms. The maximum Gasteiger partial charge on any atom is 0.387 e. The Morgan fingerprint density at radius 2 is 1.79 bits per heavy atom. The summed E-state index contributed by atoms with van der Waals surface area (Å²) in [5.41, 5.74) is 5.00. The van der Waals surface area contributed by atoms with Gasteiger partial charge in [0, 0.05) is 11.6 Å². The number of carbonyl (C=O) groups excluding carboxylic acids is 2. The highest BCUT2D eigenvalue weighted by molar-refractivity contribution is 5.97. The van der Waals surface area contributed by atoms with Gasteiger partial charge < -0.3 is 9.47 Å². The molecule has 6 nitrogen and oxygen atoms in total. The van der Waals surface area contributed by atoms with Gasteiger partial charge in [-0.3, -0.25) is 20.4 Å². The van der Waals surface area contributed by atoms with Crippen LogP contribution in [0.15, 0.2) is 48.5 Å². The number of hydrazine groups is 1. The Hall–Kier alpha value is -3.49. The van der Waals surface area contributed by atoms with Gasteiger partial charge in [-0.05, 0) is 55.0 Å². The topological polar surface area (TPSA) is 76.7 Å². The van der Waals surface area contributed by atoms with E-state index in [9.17, 15) is 22.8 Å². The molecule has 0 atom stereocenters. The van der Waals surface area contributed by atoms with Gasteiger partial charge in [-0.25, -0.2) is 4.39 Å². The van der Waals surface area contributed by atoms with E-state index in [1.807, 2.05) is 0 Å². The van der Waals surface area contributed by atoms with Gasteiger partial charge in [-0.2, -0.15) is 8.78 Å². The van der Waals surface area contributed by atoms with Gasteiger partial charge >= 0.3 is 6.61 Å².